The molecule has 0 unspecified atom stereocenters. The zero-order chi connectivity index (χ0) is 14.9. The summed E-state index contributed by atoms with van der Waals surface area (Å²) in [4.78, 5) is 11.7. The Morgan fingerprint density at radius 1 is 0.952 bits per heavy atom. The van der Waals surface area contributed by atoms with Crippen LogP contribution in [0.2, 0.25) is 0 Å². The first-order chi connectivity index (χ1) is 10.3. The van der Waals surface area contributed by atoms with Crippen LogP contribution in [0.3, 0.4) is 0 Å². The highest BCUT2D eigenvalue weighted by atomic mass is 16.6. The third-order valence-corrected chi connectivity index (χ3v) is 2.90. The molecular weight excluding hydrogens is 268 g/mol. The Morgan fingerprint density at radius 3 is 2.33 bits per heavy atom. The third kappa shape index (κ3) is 4.93. The van der Waals surface area contributed by atoms with Crippen molar-refractivity contribution in [3.63, 3.8) is 0 Å². The summed E-state index contributed by atoms with van der Waals surface area (Å²) in [5.41, 5.74) is 1.60. The molecule has 2 aromatic rings. The maximum atomic E-state index is 11.7. The lowest BCUT2D eigenvalue weighted by atomic mass is 10.2. The van der Waals surface area contributed by atoms with Crippen molar-refractivity contribution in [2.24, 2.45) is 0 Å². The minimum Gasteiger partial charge on any atom is -0.497 e. The summed E-state index contributed by atoms with van der Waals surface area (Å²) in [6.45, 7) is 1.08. The number of hydrogen-bond acceptors (Lipinski definition) is 4. The van der Waals surface area contributed by atoms with E-state index in [9.17, 15) is 4.79 Å². The van der Waals surface area contributed by atoms with Crippen molar-refractivity contribution >= 4 is 5.97 Å². The van der Waals surface area contributed by atoms with Gasteiger partial charge in [-0.05, 0) is 29.8 Å². The minimum absolute atomic E-state index is 0.240. The molecule has 0 aliphatic heterocycles. The molecule has 2 aromatic carbocycles. The normalized spacial score (nSPS) is 10.1. The summed E-state index contributed by atoms with van der Waals surface area (Å²) in [6, 6.07) is 16.6. The minimum atomic E-state index is -0.330. The van der Waals surface area contributed by atoms with Crippen molar-refractivity contribution in [3.05, 3.63) is 65.7 Å². The Kier molecular flexibility index (Phi) is 5.79. The van der Waals surface area contributed by atoms with Gasteiger partial charge in [0, 0.05) is 0 Å². The molecule has 0 heterocycles. The van der Waals surface area contributed by atoms with Crippen LogP contribution in [-0.4, -0.2) is 26.3 Å². The topological polar surface area (TPSA) is 44.8 Å². The Bertz CT molecular complexity index is 549. The average Bonchev–Trinajstić information content (AvgIpc) is 2.55. The monoisotopic (exact) mass is 286 g/mol. The van der Waals surface area contributed by atoms with Crippen LogP contribution < -0.4 is 4.74 Å². The third-order valence-electron chi connectivity index (χ3n) is 2.90. The van der Waals surface area contributed by atoms with Gasteiger partial charge in [-0.2, -0.15) is 0 Å². The van der Waals surface area contributed by atoms with Crippen molar-refractivity contribution in [2.45, 2.75) is 6.61 Å². The van der Waals surface area contributed by atoms with Gasteiger partial charge < -0.3 is 14.2 Å². The second kappa shape index (κ2) is 8.07. The molecule has 0 aliphatic rings. The summed E-state index contributed by atoms with van der Waals surface area (Å²) in [7, 11) is 1.63. The van der Waals surface area contributed by atoms with Gasteiger partial charge in [-0.25, -0.2) is 4.79 Å². The van der Waals surface area contributed by atoms with E-state index in [1.54, 1.807) is 31.4 Å². The van der Waals surface area contributed by atoms with Gasteiger partial charge in [0.25, 0.3) is 0 Å². The lowest BCUT2D eigenvalue weighted by molar-refractivity contribution is 0.0288. The van der Waals surface area contributed by atoms with Crippen molar-refractivity contribution in [2.75, 3.05) is 20.3 Å². The van der Waals surface area contributed by atoms with Crippen LogP contribution in [0.4, 0.5) is 0 Å². The second-order valence-corrected chi connectivity index (χ2v) is 4.40. The van der Waals surface area contributed by atoms with E-state index < -0.39 is 0 Å². The second-order valence-electron chi connectivity index (χ2n) is 4.40. The van der Waals surface area contributed by atoms with E-state index in [0.29, 0.717) is 18.8 Å². The van der Waals surface area contributed by atoms with Crippen LogP contribution in [0.15, 0.2) is 54.6 Å². The molecule has 0 saturated heterocycles. The van der Waals surface area contributed by atoms with Crippen LogP contribution in [0.5, 0.6) is 5.75 Å². The van der Waals surface area contributed by atoms with E-state index in [2.05, 4.69) is 0 Å². The van der Waals surface area contributed by atoms with Crippen LogP contribution in [0.1, 0.15) is 15.9 Å². The maximum Gasteiger partial charge on any atom is 0.338 e. The number of methoxy groups -OCH3 is 1. The first-order valence-electron chi connectivity index (χ1n) is 6.72. The average molecular weight is 286 g/mol. The molecule has 2 rings (SSSR count). The fourth-order valence-electron chi connectivity index (χ4n) is 1.76. The van der Waals surface area contributed by atoms with Gasteiger partial charge in [0.05, 0.1) is 25.9 Å². The van der Waals surface area contributed by atoms with Crippen molar-refractivity contribution in [1.82, 2.24) is 0 Å². The number of rotatable bonds is 7. The van der Waals surface area contributed by atoms with Crippen LogP contribution >= 0.6 is 0 Å². The van der Waals surface area contributed by atoms with E-state index in [4.69, 9.17) is 14.2 Å². The van der Waals surface area contributed by atoms with Crippen molar-refractivity contribution in [3.8, 4) is 5.75 Å². The molecule has 0 spiro atoms. The molecule has 0 radical (unpaired) electrons. The Hall–Kier alpha value is -2.33. The van der Waals surface area contributed by atoms with Gasteiger partial charge in [-0.15, -0.1) is 0 Å². The summed E-state index contributed by atoms with van der Waals surface area (Å²) in [6.07, 6.45) is 0. The molecule has 0 saturated carbocycles. The Labute approximate surface area is 124 Å². The molecule has 21 heavy (non-hydrogen) atoms. The van der Waals surface area contributed by atoms with Gasteiger partial charge in [-0.3, -0.25) is 0 Å². The first-order valence-corrected chi connectivity index (χ1v) is 6.72. The van der Waals surface area contributed by atoms with E-state index in [1.165, 1.54) is 0 Å². The van der Waals surface area contributed by atoms with Gasteiger partial charge in [0.15, 0.2) is 0 Å². The number of ether oxygens (including phenoxy) is 3. The molecule has 0 N–H and O–H groups in total. The molecule has 0 atom stereocenters. The summed E-state index contributed by atoms with van der Waals surface area (Å²) in [5.74, 6) is 0.485. The fourth-order valence-corrected chi connectivity index (χ4v) is 1.76. The summed E-state index contributed by atoms with van der Waals surface area (Å²) in [5, 5.41) is 0. The summed E-state index contributed by atoms with van der Waals surface area (Å²) >= 11 is 0. The highest BCUT2D eigenvalue weighted by molar-refractivity contribution is 5.89. The summed E-state index contributed by atoms with van der Waals surface area (Å²) < 4.78 is 15.7. The lowest BCUT2D eigenvalue weighted by Gasteiger charge is -2.07. The van der Waals surface area contributed by atoms with Gasteiger partial charge >= 0.3 is 5.97 Å². The maximum absolute atomic E-state index is 11.7. The predicted octanol–water partition coefficient (Wildman–Crippen LogP) is 3.07. The molecule has 0 aromatic heterocycles. The molecular formula is C17H18O4. The molecule has 4 nitrogen and oxygen atoms in total. The molecule has 0 amide bonds. The molecule has 0 bridgehead atoms. The van der Waals surface area contributed by atoms with Crippen LogP contribution in [-0.2, 0) is 16.1 Å². The highest BCUT2D eigenvalue weighted by Gasteiger charge is 2.05. The zero-order valence-electron chi connectivity index (χ0n) is 12.0. The Morgan fingerprint density at radius 2 is 1.67 bits per heavy atom. The number of benzene rings is 2. The standard InChI is InChI=1S/C17H18O4/c1-19-16-9-7-14(8-10-16)13-20-11-12-21-17(18)15-5-3-2-4-6-15/h2-10H,11-13H2,1H3. The molecule has 110 valence electrons. The number of carbonyl (C=O) groups excluding carboxylic acids is 1. The van der Waals surface area contributed by atoms with E-state index >= 15 is 0 Å². The van der Waals surface area contributed by atoms with Crippen LogP contribution in [0.25, 0.3) is 0 Å². The quantitative estimate of drug-likeness (QED) is 0.579. The van der Waals surface area contributed by atoms with E-state index in [-0.39, 0.29) is 12.6 Å². The number of esters is 1. The SMILES string of the molecule is COc1ccc(COCCOC(=O)c2ccccc2)cc1. The number of hydrogen-bond donors (Lipinski definition) is 0. The van der Waals surface area contributed by atoms with Crippen LogP contribution in [0, 0.1) is 0 Å². The first kappa shape index (κ1) is 15.1. The largest absolute Gasteiger partial charge is 0.497 e. The fraction of sp³-hybridized carbons (Fsp3) is 0.235. The van der Waals surface area contributed by atoms with Gasteiger partial charge in [-0.1, -0.05) is 30.3 Å². The smallest absolute Gasteiger partial charge is 0.338 e. The van der Waals surface area contributed by atoms with Crippen molar-refractivity contribution < 1.29 is 19.0 Å². The van der Waals surface area contributed by atoms with Gasteiger partial charge in [0.2, 0.25) is 0 Å². The molecule has 0 fully saturated rings. The van der Waals surface area contributed by atoms with Crippen molar-refractivity contribution in [1.29, 1.82) is 0 Å². The molecule has 0 aliphatic carbocycles. The molecule has 4 heteroatoms. The predicted molar refractivity (Wildman–Crippen MR) is 79.4 cm³/mol. The lowest BCUT2D eigenvalue weighted by Crippen LogP contribution is -2.10. The van der Waals surface area contributed by atoms with E-state index in [0.717, 1.165) is 11.3 Å². The van der Waals surface area contributed by atoms with Gasteiger partial charge in [0.1, 0.15) is 12.4 Å². The zero-order valence-corrected chi connectivity index (χ0v) is 12.0. The number of carbonyl (C=O) groups is 1. The highest BCUT2D eigenvalue weighted by Crippen LogP contribution is 2.11. The Balaban J connectivity index is 1.64. The van der Waals surface area contributed by atoms with E-state index in [1.807, 2.05) is 30.3 Å².